The summed E-state index contributed by atoms with van der Waals surface area (Å²) in [5, 5.41) is 12.7. The van der Waals surface area contributed by atoms with Crippen molar-refractivity contribution in [2.24, 2.45) is 5.73 Å². The molecule has 0 radical (unpaired) electrons. The van der Waals surface area contributed by atoms with Gasteiger partial charge >= 0.3 is 6.61 Å². The largest absolute Gasteiger partial charge is 0.435 e. The number of hydrogen-bond donors (Lipinski definition) is 3. The third kappa shape index (κ3) is 5.60. The average Bonchev–Trinajstić information content (AvgIpc) is 2.70. The smallest absolute Gasteiger partial charge is 0.387 e. The number of alkyl halides is 2. The zero-order valence-corrected chi connectivity index (χ0v) is 18.3. The molecule has 2 amide bonds. The molecule has 1 fully saturated rings. The first-order chi connectivity index (χ1) is 16.0. The Labute approximate surface area is 196 Å². The van der Waals surface area contributed by atoms with Gasteiger partial charge in [-0.25, -0.2) is 8.78 Å². The Balaban J connectivity index is 1.66. The highest BCUT2D eigenvalue weighted by Gasteiger charge is 2.40. The van der Waals surface area contributed by atoms with Gasteiger partial charge in [0.15, 0.2) is 6.10 Å². The van der Waals surface area contributed by atoms with Crippen LogP contribution in [0, 0.1) is 11.6 Å². The Kier molecular flexibility index (Phi) is 7.68. The molecule has 1 saturated heterocycles. The van der Waals surface area contributed by atoms with Crippen molar-refractivity contribution in [1.82, 2.24) is 10.2 Å². The monoisotopic (exact) mass is 501 g/mol. The van der Waals surface area contributed by atoms with Crippen molar-refractivity contribution in [3.8, 4) is 5.75 Å². The molecule has 7 nitrogen and oxygen atoms in total. The molecule has 1 aliphatic rings. The lowest BCUT2D eigenvalue weighted by molar-refractivity contribution is -0.154. The van der Waals surface area contributed by atoms with E-state index in [-0.39, 0.29) is 40.6 Å². The number of hydrogen-bond acceptors (Lipinski definition) is 5. The molecule has 182 valence electrons. The molecule has 0 spiro atoms. The van der Waals surface area contributed by atoms with Crippen LogP contribution in [0.2, 0.25) is 5.02 Å². The van der Waals surface area contributed by atoms with Crippen LogP contribution in [-0.4, -0.2) is 41.0 Å². The predicted molar refractivity (Wildman–Crippen MR) is 115 cm³/mol. The quantitative estimate of drug-likeness (QED) is 0.482. The van der Waals surface area contributed by atoms with Crippen molar-refractivity contribution in [2.75, 3.05) is 6.54 Å². The van der Waals surface area contributed by atoms with E-state index in [1.807, 2.05) is 0 Å². The maximum absolute atomic E-state index is 14.2. The van der Waals surface area contributed by atoms with E-state index in [1.54, 1.807) is 0 Å². The summed E-state index contributed by atoms with van der Waals surface area (Å²) in [5.74, 6) is -3.77. The minimum Gasteiger partial charge on any atom is -0.435 e. The number of likely N-dealkylation sites (tertiary alicyclic amines) is 1. The van der Waals surface area contributed by atoms with Crippen LogP contribution < -0.4 is 15.8 Å². The number of carbonyl (C=O) groups excluding carboxylic acids is 2. The van der Waals surface area contributed by atoms with Crippen molar-refractivity contribution in [1.29, 1.82) is 0 Å². The van der Waals surface area contributed by atoms with E-state index in [1.165, 1.54) is 6.07 Å². The van der Waals surface area contributed by atoms with Gasteiger partial charge in [0.1, 0.15) is 23.4 Å². The second-order valence-electron chi connectivity index (χ2n) is 7.50. The van der Waals surface area contributed by atoms with Gasteiger partial charge < -0.3 is 25.8 Å². The molecule has 3 rings (SSSR count). The normalized spacial score (nSPS) is 16.1. The number of aliphatic hydroxyl groups is 1. The lowest BCUT2D eigenvalue weighted by Gasteiger charge is -2.40. The summed E-state index contributed by atoms with van der Waals surface area (Å²) in [7, 11) is 0. The molecule has 2 aromatic rings. The number of aliphatic hydroxyl groups excluding tert-OH is 1. The van der Waals surface area contributed by atoms with Crippen LogP contribution in [0.3, 0.4) is 0 Å². The Morgan fingerprint density at radius 3 is 2.41 bits per heavy atom. The topological polar surface area (TPSA) is 105 Å². The van der Waals surface area contributed by atoms with Crippen LogP contribution in [0.25, 0.3) is 5.70 Å². The average molecular weight is 502 g/mol. The SMILES string of the molecule is C=C(N)c1cc(F)c(CNC(=O)[C@@H]2CCN2C(=O)C(O)c2cc(Cl)cc(OC(F)F)c2)c(F)c1. The summed E-state index contributed by atoms with van der Waals surface area (Å²) in [4.78, 5) is 26.3. The highest BCUT2D eigenvalue weighted by atomic mass is 35.5. The van der Waals surface area contributed by atoms with Gasteiger partial charge in [0.2, 0.25) is 5.91 Å². The fourth-order valence-corrected chi connectivity index (χ4v) is 3.62. The Morgan fingerprint density at radius 1 is 1.24 bits per heavy atom. The van der Waals surface area contributed by atoms with E-state index < -0.39 is 54.3 Å². The number of halogens is 5. The molecule has 2 aromatic carbocycles. The number of rotatable bonds is 8. The molecular weight excluding hydrogens is 482 g/mol. The van der Waals surface area contributed by atoms with Crippen LogP contribution in [-0.2, 0) is 16.1 Å². The van der Waals surface area contributed by atoms with Gasteiger partial charge in [0.05, 0.1) is 0 Å². The summed E-state index contributed by atoms with van der Waals surface area (Å²) >= 11 is 5.84. The van der Waals surface area contributed by atoms with Crippen LogP contribution in [0.1, 0.15) is 29.2 Å². The number of ether oxygens (including phenoxy) is 1. The minimum atomic E-state index is -3.14. The number of amides is 2. The third-order valence-electron chi connectivity index (χ3n) is 5.23. The summed E-state index contributed by atoms with van der Waals surface area (Å²) < 4.78 is 57.6. The summed E-state index contributed by atoms with van der Waals surface area (Å²) in [5.41, 5.74) is 4.97. The van der Waals surface area contributed by atoms with Gasteiger partial charge in [-0.15, -0.1) is 0 Å². The number of benzene rings is 2. The molecule has 34 heavy (non-hydrogen) atoms. The van der Waals surface area contributed by atoms with Crippen molar-refractivity contribution in [3.63, 3.8) is 0 Å². The number of carbonyl (C=O) groups is 2. The minimum absolute atomic E-state index is 0.0249. The Bertz CT molecular complexity index is 1110. The summed E-state index contributed by atoms with van der Waals surface area (Å²) in [6, 6.07) is 4.29. The van der Waals surface area contributed by atoms with Crippen LogP contribution >= 0.6 is 11.6 Å². The standard InChI is InChI=1S/C22H20ClF4N3O4/c1-10(28)11-6-16(24)15(17(25)7-11)9-29-20(32)18-2-3-30(18)21(33)19(31)12-4-13(23)8-14(5-12)34-22(26)27/h4-8,18-19,22,31H,1-3,9,28H2,(H,29,32)/t18-,19?/m0/s1. The second-order valence-corrected chi connectivity index (χ2v) is 7.94. The molecule has 0 aliphatic carbocycles. The maximum atomic E-state index is 14.2. The molecular formula is C22H20ClF4N3O4. The van der Waals surface area contributed by atoms with Crippen LogP contribution in [0.4, 0.5) is 17.6 Å². The summed E-state index contributed by atoms with van der Waals surface area (Å²) in [6.07, 6.45) is -1.56. The van der Waals surface area contributed by atoms with Gasteiger partial charge in [-0.1, -0.05) is 18.2 Å². The molecule has 0 bridgehead atoms. The third-order valence-corrected chi connectivity index (χ3v) is 5.44. The van der Waals surface area contributed by atoms with Gasteiger partial charge in [-0.05, 0) is 42.3 Å². The van der Waals surface area contributed by atoms with E-state index in [4.69, 9.17) is 17.3 Å². The fraction of sp³-hybridized carbons (Fsp3) is 0.273. The first-order valence-corrected chi connectivity index (χ1v) is 10.3. The molecule has 12 heteroatoms. The zero-order chi connectivity index (χ0) is 25.2. The predicted octanol–water partition coefficient (Wildman–Crippen LogP) is 3.10. The molecule has 2 atom stereocenters. The number of nitrogens with one attached hydrogen (secondary N) is 1. The maximum Gasteiger partial charge on any atom is 0.387 e. The molecule has 1 unspecified atom stereocenters. The molecule has 1 aliphatic heterocycles. The second kappa shape index (κ2) is 10.3. The highest BCUT2D eigenvalue weighted by molar-refractivity contribution is 6.30. The van der Waals surface area contributed by atoms with Crippen molar-refractivity contribution in [3.05, 3.63) is 70.3 Å². The van der Waals surface area contributed by atoms with Gasteiger partial charge in [-0.3, -0.25) is 9.59 Å². The van der Waals surface area contributed by atoms with E-state index in [0.29, 0.717) is 0 Å². The molecule has 0 aromatic heterocycles. The first-order valence-electron chi connectivity index (χ1n) is 9.92. The molecule has 0 saturated carbocycles. The van der Waals surface area contributed by atoms with E-state index in [0.717, 1.165) is 29.2 Å². The number of nitrogens with two attached hydrogens (primary N) is 1. The van der Waals surface area contributed by atoms with E-state index >= 15 is 0 Å². The number of nitrogens with zero attached hydrogens (tertiary/aromatic N) is 1. The van der Waals surface area contributed by atoms with Gasteiger partial charge in [0.25, 0.3) is 5.91 Å². The van der Waals surface area contributed by atoms with Gasteiger partial charge in [-0.2, -0.15) is 8.78 Å². The van der Waals surface area contributed by atoms with Gasteiger partial charge in [0, 0.05) is 34.9 Å². The van der Waals surface area contributed by atoms with Crippen LogP contribution in [0.15, 0.2) is 36.9 Å². The zero-order valence-electron chi connectivity index (χ0n) is 17.5. The van der Waals surface area contributed by atoms with Crippen molar-refractivity contribution < 1.29 is 37.0 Å². The highest BCUT2D eigenvalue weighted by Crippen LogP contribution is 2.30. The van der Waals surface area contributed by atoms with Crippen molar-refractivity contribution >= 4 is 29.1 Å². The molecule has 4 N–H and O–H groups in total. The van der Waals surface area contributed by atoms with Crippen molar-refractivity contribution in [2.45, 2.75) is 31.7 Å². The van der Waals surface area contributed by atoms with Crippen LogP contribution in [0.5, 0.6) is 5.75 Å². The van der Waals surface area contributed by atoms with E-state index in [9.17, 15) is 32.3 Å². The first kappa shape index (κ1) is 25.3. The lowest BCUT2D eigenvalue weighted by atomic mass is 9.98. The fourth-order valence-electron chi connectivity index (χ4n) is 3.39. The Morgan fingerprint density at radius 2 is 1.88 bits per heavy atom. The molecule has 1 heterocycles. The Hall–Kier alpha value is -3.31. The lowest BCUT2D eigenvalue weighted by Crippen LogP contribution is -2.59. The summed E-state index contributed by atoms with van der Waals surface area (Å²) in [6.45, 7) is -0.0896. The van der Waals surface area contributed by atoms with E-state index in [2.05, 4.69) is 16.6 Å².